The molecule has 0 aliphatic rings. The molecule has 0 saturated heterocycles. The first kappa shape index (κ1) is 87.4. The molecule has 0 fully saturated rings. The molecule has 0 aromatic carbocycles. The van der Waals surface area contributed by atoms with Crippen molar-refractivity contribution >= 4 is 67.6 Å². The van der Waals surface area contributed by atoms with Gasteiger partial charge in [-0.1, -0.05) is 290 Å². The smallest absolute Gasteiger partial charge is 0.550 e. The third kappa shape index (κ3) is 124. The van der Waals surface area contributed by atoms with Gasteiger partial charge in [-0.2, -0.15) is 0 Å². The summed E-state index contributed by atoms with van der Waals surface area (Å²) in [6, 6.07) is 0. The van der Waals surface area contributed by atoms with Crippen LogP contribution in [0.25, 0.3) is 0 Å². The minimum atomic E-state index is -1.08. The summed E-state index contributed by atoms with van der Waals surface area (Å²) >= 11 is 0. The molecule has 1 radical (unpaired) electrons. The van der Waals surface area contributed by atoms with Gasteiger partial charge < -0.3 is 49.5 Å². The third-order valence-corrected chi connectivity index (χ3v) is 12.0. The van der Waals surface area contributed by atoms with Crippen LogP contribution in [0, 0.1) is 0 Å². The second kappa shape index (κ2) is 83.7. The van der Waals surface area contributed by atoms with Gasteiger partial charge in [-0.15, -0.1) is 0 Å². The van der Waals surface area contributed by atoms with Gasteiger partial charge in [0.2, 0.25) is 0 Å². The van der Waals surface area contributed by atoms with Gasteiger partial charge in [0.1, 0.15) is 0 Å². The molecule has 0 aromatic rings. The third-order valence-electron chi connectivity index (χ3n) is 12.0. The van der Waals surface area contributed by atoms with Crippen molar-refractivity contribution in [2.24, 2.45) is 0 Å². The number of carbonyl (C=O) groups excluding carboxylic acids is 5. The van der Waals surface area contributed by atoms with Gasteiger partial charge in [0, 0.05) is 29.8 Å². The number of rotatable bonds is 48. The fourth-order valence-corrected chi connectivity index (χ4v) is 7.92. The van der Waals surface area contributed by atoms with E-state index in [0.717, 1.165) is 52.4 Å². The van der Waals surface area contributed by atoms with E-state index < -0.39 is 29.8 Å². The Labute approximate surface area is 491 Å². The van der Waals surface area contributed by atoms with Crippen molar-refractivity contribution < 1.29 is 85.4 Å². The van der Waals surface area contributed by atoms with E-state index in [4.69, 9.17) is 19.8 Å². The fraction of sp³-hybridized carbons (Fsp3) is 0.914. The molecule has 0 saturated carbocycles. The SMILES string of the molecule is CC(=O)[O-].CC(=O)[O-].CCCCCCCCCCCCCCCCCC(=O)[O-].CCCCCCCCCCCCCCCCCC(=O)[O-].CCCCCCCCCCCCCCCCCC(=O)[O-].[Ca+2].[Li+].[Mn+2]. The molecule has 0 N–H and O–H groups in total. The summed E-state index contributed by atoms with van der Waals surface area (Å²) in [5, 5.41) is 48.4. The molecule has 10 nitrogen and oxygen atoms in total. The van der Waals surface area contributed by atoms with Crippen molar-refractivity contribution in [3.63, 3.8) is 0 Å². The Hall–Kier alpha value is -0.273. The van der Waals surface area contributed by atoms with Gasteiger partial charge in [0.25, 0.3) is 0 Å². The van der Waals surface area contributed by atoms with Crippen LogP contribution in [0.4, 0.5) is 0 Å². The quantitative estimate of drug-likeness (QED) is 0.0418. The summed E-state index contributed by atoms with van der Waals surface area (Å²) in [7, 11) is 0. The molecule has 0 bridgehead atoms. The standard InChI is InChI=1S/3C18H36O2.2C2H4O2.Ca.Li.Mn/c3*1-2-3-4-5-6-7-8-9-10-11-12-13-14-15-16-17-18(19)20;2*1-2(3)4;;;/h3*2-17H2,1H3,(H,19,20);2*1H3,(H,3,4);;;/q;;;;;+2;+1;+2/p-5. The predicted molar refractivity (Wildman–Crippen MR) is 281 cm³/mol. The first-order chi connectivity index (χ1) is 32.8. The molecule has 413 valence electrons. The molecule has 0 unspecified atom stereocenters. The Balaban J connectivity index is -0.000000127. The van der Waals surface area contributed by atoms with Crippen LogP contribution in [-0.4, -0.2) is 67.6 Å². The Kier molecular flexibility index (Phi) is 103. The van der Waals surface area contributed by atoms with Crippen molar-refractivity contribution in [3.05, 3.63) is 0 Å². The van der Waals surface area contributed by atoms with E-state index in [1.807, 2.05) is 0 Å². The van der Waals surface area contributed by atoms with Crippen LogP contribution in [0.3, 0.4) is 0 Å². The molecule has 0 heterocycles. The van der Waals surface area contributed by atoms with E-state index in [1.54, 1.807) is 0 Å². The summed E-state index contributed by atoms with van der Waals surface area (Å²) < 4.78 is 0. The molecule has 0 rings (SSSR count). The number of unbranched alkanes of at least 4 members (excludes halogenated alkanes) is 42. The summed E-state index contributed by atoms with van der Waals surface area (Å²) in [5.41, 5.74) is 0. The van der Waals surface area contributed by atoms with Crippen molar-refractivity contribution in [2.75, 3.05) is 0 Å². The topological polar surface area (TPSA) is 201 Å². The fourth-order valence-electron chi connectivity index (χ4n) is 7.92. The molecule has 71 heavy (non-hydrogen) atoms. The van der Waals surface area contributed by atoms with Crippen LogP contribution in [0.15, 0.2) is 0 Å². The van der Waals surface area contributed by atoms with E-state index in [0.29, 0.717) is 0 Å². The van der Waals surface area contributed by atoms with Gasteiger partial charge in [0.15, 0.2) is 0 Å². The molecule has 0 aliphatic carbocycles. The average Bonchev–Trinajstić information content (AvgIpc) is 3.27. The van der Waals surface area contributed by atoms with Gasteiger partial charge in [0.05, 0.1) is 0 Å². The first-order valence-corrected chi connectivity index (χ1v) is 28.7. The van der Waals surface area contributed by atoms with Crippen LogP contribution in [-0.2, 0) is 41.0 Å². The first-order valence-electron chi connectivity index (χ1n) is 28.7. The predicted octanol–water partition coefficient (Wildman–Crippen LogP) is 9.13. The van der Waals surface area contributed by atoms with E-state index in [-0.39, 0.29) is 92.9 Å². The number of carboxylic acid groups (broad SMARTS) is 5. The average molecular weight is 1070 g/mol. The van der Waals surface area contributed by atoms with Crippen LogP contribution in [0.2, 0.25) is 0 Å². The summed E-state index contributed by atoms with van der Waals surface area (Å²) in [5.74, 6) is -4.88. The zero-order chi connectivity index (χ0) is 51.8. The van der Waals surface area contributed by atoms with Crippen LogP contribution >= 0.6 is 0 Å². The second-order valence-corrected chi connectivity index (χ2v) is 19.2. The molecule has 0 atom stereocenters. The maximum absolute atomic E-state index is 10.2. The van der Waals surface area contributed by atoms with E-state index in [9.17, 15) is 29.7 Å². The maximum Gasteiger partial charge on any atom is 2.00 e. The minimum absolute atomic E-state index is 0. The molecule has 13 heteroatoms. The number of carboxylic acids is 5. The monoisotopic (exact) mass is 1070 g/mol. The molecule has 0 aromatic heterocycles. The van der Waals surface area contributed by atoms with E-state index in [1.165, 1.54) is 250 Å². The van der Waals surface area contributed by atoms with Crippen molar-refractivity contribution in [2.45, 2.75) is 343 Å². The Bertz CT molecular complexity index is 900. The zero-order valence-electron chi connectivity index (χ0n) is 47.6. The minimum Gasteiger partial charge on any atom is -0.550 e. The molecule has 0 aliphatic heterocycles. The van der Waals surface area contributed by atoms with Crippen molar-refractivity contribution in [1.82, 2.24) is 0 Å². The molecule has 0 spiro atoms. The Morgan fingerprint density at radius 1 is 0.239 bits per heavy atom. The Morgan fingerprint density at radius 2 is 0.324 bits per heavy atom. The number of hydrogen-bond donors (Lipinski definition) is 0. The largest absolute Gasteiger partial charge is 2.00 e. The molecular weight excluding hydrogens is 959 g/mol. The Morgan fingerprint density at radius 3 is 0.408 bits per heavy atom. The number of carbonyl (C=O) groups is 5. The van der Waals surface area contributed by atoms with Crippen LogP contribution < -0.4 is 44.4 Å². The van der Waals surface area contributed by atoms with Gasteiger partial charge in [-0.25, -0.2) is 0 Å². The number of hydrogen-bond acceptors (Lipinski definition) is 10. The summed E-state index contributed by atoms with van der Waals surface area (Å²) in [4.78, 5) is 48.4. The van der Waals surface area contributed by atoms with Gasteiger partial charge in [-0.05, 0) is 52.4 Å². The van der Waals surface area contributed by atoms with Crippen LogP contribution in [0.5, 0.6) is 0 Å². The zero-order valence-corrected chi connectivity index (χ0v) is 51.0. The van der Waals surface area contributed by atoms with Crippen molar-refractivity contribution in [1.29, 1.82) is 0 Å². The molecule has 0 amide bonds. The maximum atomic E-state index is 10.2. The summed E-state index contributed by atoms with van der Waals surface area (Å²) in [6.45, 7) is 8.75. The van der Waals surface area contributed by atoms with Gasteiger partial charge >= 0.3 is 73.7 Å². The van der Waals surface area contributed by atoms with E-state index in [2.05, 4.69) is 20.8 Å². The summed E-state index contributed by atoms with van der Waals surface area (Å²) in [6.07, 6.45) is 59.6. The van der Waals surface area contributed by atoms with Crippen molar-refractivity contribution in [3.8, 4) is 0 Å². The number of aliphatic carboxylic acids is 5. The second-order valence-electron chi connectivity index (χ2n) is 19.2. The van der Waals surface area contributed by atoms with Gasteiger partial charge in [-0.3, -0.25) is 0 Å². The van der Waals surface area contributed by atoms with E-state index >= 15 is 0 Å². The molecular formula is C58H111CaLiMnO10. The van der Waals surface area contributed by atoms with Crippen LogP contribution in [0.1, 0.15) is 343 Å². The normalized spacial score (nSPS) is 9.87.